The number of aryl methyl sites for hydroxylation is 1. The predicted molar refractivity (Wildman–Crippen MR) is 73.8 cm³/mol. The first-order valence-corrected chi connectivity index (χ1v) is 6.35. The molecule has 2 rings (SSSR count). The van der Waals surface area contributed by atoms with Crippen LogP contribution in [0.4, 0.5) is 8.78 Å². The van der Waals surface area contributed by atoms with Gasteiger partial charge in [-0.2, -0.15) is 0 Å². The summed E-state index contributed by atoms with van der Waals surface area (Å²) < 4.78 is 28.0. The minimum absolute atomic E-state index is 0.0187. The van der Waals surface area contributed by atoms with Gasteiger partial charge in [0, 0.05) is 6.04 Å². The maximum absolute atomic E-state index is 14.1. The first kappa shape index (κ1) is 13.7. The summed E-state index contributed by atoms with van der Waals surface area (Å²) in [6, 6.07) is 9.73. The van der Waals surface area contributed by atoms with E-state index in [9.17, 15) is 8.78 Å². The third kappa shape index (κ3) is 2.66. The minimum Gasteiger partial charge on any atom is -0.324 e. The first-order valence-electron chi connectivity index (χ1n) is 6.35. The second kappa shape index (κ2) is 5.49. The number of benzene rings is 2. The number of nitrogens with two attached hydrogens (primary N) is 1. The monoisotopic (exact) mass is 261 g/mol. The van der Waals surface area contributed by atoms with Crippen molar-refractivity contribution in [2.45, 2.75) is 26.3 Å². The van der Waals surface area contributed by atoms with Gasteiger partial charge >= 0.3 is 0 Å². The Morgan fingerprint density at radius 3 is 2.58 bits per heavy atom. The van der Waals surface area contributed by atoms with Crippen molar-refractivity contribution in [2.75, 3.05) is 0 Å². The van der Waals surface area contributed by atoms with E-state index in [2.05, 4.69) is 0 Å². The molecule has 1 atom stereocenters. The van der Waals surface area contributed by atoms with Gasteiger partial charge < -0.3 is 5.73 Å². The van der Waals surface area contributed by atoms with E-state index >= 15 is 0 Å². The summed E-state index contributed by atoms with van der Waals surface area (Å²) in [5.74, 6) is -1.06. The maximum atomic E-state index is 14.1. The van der Waals surface area contributed by atoms with Crippen LogP contribution < -0.4 is 5.73 Å². The highest BCUT2D eigenvalue weighted by atomic mass is 19.1. The van der Waals surface area contributed by atoms with Crippen molar-refractivity contribution >= 4 is 0 Å². The fraction of sp³-hybridized carbons (Fsp3) is 0.250. The second-order valence-corrected chi connectivity index (χ2v) is 4.69. The number of halogens is 2. The van der Waals surface area contributed by atoms with Gasteiger partial charge in [-0.05, 0) is 42.2 Å². The van der Waals surface area contributed by atoms with E-state index in [1.807, 2.05) is 13.0 Å². The zero-order chi connectivity index (χ0) is 14.0. The Morgan fingerprint density at radius 1 is 1.16 bits per heavy atom. The molecule has 0 aliphatic heterocycles. The smallest absolute Gasteiger partial charge is 0.136 e. The molecule has 0 bridgehead atoms. The Morgan fingerprint density at radius 2 is 1.89 bits per heavy atom. The fourth-order valence-electron chi connectivity index (χ4n) is 2.08. The molecule has 0 aliphatic carbocycles. The van der Waals surface area contributed by atoms with Crippen LogP contribution in [0.25, 0.3) is 11.1 Å². The van der Waals surface area contributed by atoms with Gasteiger partial charge in [0.1, 0.15) is 11.6 Å². The summed E-state index contributed by atoms with van der Waals surface area (Å²) in [5.41, 5.74) is 7.83. The van der Waals surface area contributed by atoms with Crippen molar-refractivity contribution in [2.24, 2.45) is 5.73 Å². The Bertz CT molecular complexity index is 593. The summed E-state index contributed by atoms with van der Waals surface area (Å²) in [5, 5.41) is 0. The SMILES string of the molecule is CCC(N)c1cccc(-c2c(F)ccc(C)c2F)c1. The van der Waals surface area contributed by atoms with Crippen molar-refractivity contribution in [3.63, 3.8) is 0 Å². The molecule has 0 aliphatic rings. The largest absolute Gasteiger partial charge is 0.324 e. The van der Waals surface area contributed by atoms with Crippen molar-refractivity contribution < 1.29 is 8.78 Å². The highest BCUT2D eigenvalue weighted by Gasteiger charge is 2.14. The van der Waals surface area contributed by atoms with Gasteiger partial charge in [-0.25, -0.2) is 8.78 Å². The van der Waals surface area contributed by atoms with Crippen LogP contribution in [0.15, 0.2) is 36.4 Å². The van der Waals surface area contributed by atoms with Gasteiger partial charge in [0.15, 0.2) is 0 Å². The lowest BCUT2D eigenvalue weighted by molar-refractivity contribution is 0.583. The molecule has 0 radical (unpaired) electrons. The van der Waals surface area contributed by atoms with Crippen molar-refractivity contribution in [3.8, 4) is 11.1 Å². The summed E-state index contributed by atoms with van der Waals surface area (Å²) in [6.45, 7) is 3.60. The van der Waals surface area contributed by atoms with Crippen molar-refractivity contribution in [3.05, 3.63) is 59.2 Å². The zero-order valence-corrected chi connectivity index (χ0v) is 11.1. The van der Waals surface area contributed by atoms with E-state index in [-0.39, 0.29) is 11.6 Å². The Balaban J connectivity index is 2.57. The van der Waals surface area contributed by atoms with E-state index < -0.39 is 11.6 Å². The molecule has 1 unspecified atom stereocenters. The lowest BCUT2D eigenvalue weighted by Crippen LogP contribution is -2.08. The Kier molecular flexibility index (Phi) is 3.96. The molecule has 0 spiro atoms. The Hall–Kier alpha value is -1.74. The van der Waals surface area contributed by atoms with Crippen LogP contribution in [0.2, 0.25) is 0 Å². The lowest BCUT2D eigenvalue weighted by Gasteiger charge is -2.12. The molecule has 0 heterocycles. The third-order valence-corrected chi connectivity index (χ3v) is 3.33. The van der Waals surface area contributed by atoms with Gasteiger partial charge in [-0.15, -0.1) is 0 Å². The van der Waals surface area contributed by atoms with Gasteiger partial charge in [0.25, 0.3) is 0 Å². The van der Waals surface area contributed by atoms with Crippen molar-refractivity contribution in [1.82, 2.24) is 0 Å². The van der Waals surface area contributed by atoms with Crippen LogP contribution >= 0.6 is 0 Å². The fourth-order valence-corrected chi connectivity index (χ4v) is 2.08. The van der Waals surface area contributed by atoms with Crippen LogP contribution in [-0.2, 0) is 0 Å². The zero-order valence-electron chi connectivity index (χ0n) is 11.1. The normalized spacial score (nSPS) is 12.5. The second-order valence-electron chi connectivity index (χ2n) is 4.69. The molecule has 0 aromatic heterocycles. The molecule has 2 aromatic carbocycles. The van der Waals surface area contributed by atoms with E-state index in [0.717, 1.165) is 12.0 Å². The molecule has 1 nitrogen and oxygen atoms in total. The van der Waals surface area contributed by atoms with Crippen LogP contribution in [0.3, 0.4) is 0 Å². The van der Waals surface area contributed by atoms with Gasteiger partial charge in [0.05, 0.1) is 5.56 Å². The van der Waals surface area contributed by atoms with Gasteiger partial charge in [0.2, 0.25) is 0 Å². The molecule has 3 heteroatoms. The topological polar surface area (TPSA) is 26.0 Å². The number of rotatable bonds is 3. The predicted octanol–water partition coefficient (Wildman–Crippen LogP) is 4.35. The van der Waals surface area contributed by atoms with Crippen LogP contribution in [-0.4, -0.2) is 0 Å². The van der Waals surface area contributed by atoms with Crippen LogP contribution in [0.1, 0.15) is 30.5 Å². The van der Waals surface area contributed by atoms with Gasteiger partial charge in [-0.1, -0.05) is 31.2 Å². The molecular weight excluding hydrogens is 244 g/mol. The molecule has 100 valence electrons. The molecule has 0 saturated heterocycles. The number of hydrogen-bond donors (Lipinski definition) is 1. The highest BCUT2D eigenvalue weighted by Crippen LogP contribution is 2.29. The average molecular weight is 261 g/mol. The molecule has 2 N–H and O–H groups in total. The lowest BCUT2D eigenvalue weighted by atomic mass is 9.97. The minimum atomic E-state index is -0.551. The van der Waals surface area contributed by atoms with Gasteiger partial charge in [-0.3, -0.25) is 0 Å². The van der Waals surface area contributed by atoms with Crippen LogP contribution in [0, 0.1) is 18.6 Å². The first-order chi connectivity index (χ1) is 9.04. The summed E-state index contributed by atoms with van der Waals surface area (Å²) in [7, 11) is 0. The molecule has 19 heavy (non-hydrogen) atoms. The molecule has 0 fully saturated rings. The number of hydrogen-bond acceptors (Lipinski definition) is 1. The van der Waals surface area contributed by atoms with Crippen molar-refractivity contribution in [1.29, 1.82) is 0 Å². The Labute approximate surface area is 112 Å². The standard InChI is InChI=1S/C16H17F2N/c1-3-14(19)11-5-4-6-12(9-11)15-13(17)8-7-10(2)16(15)18/h4-9,14H,3,19H2,1-2H3. The molecule has 0 saturated carbocycles. The van der Waals surface area contributed by atoms with Crippen LogP contribution in [0.5, 0.6) is 0 Å². The third-order valence-electron chi connectivity index (χ3n) is 3.33. The summed E-state index contributed by atoms with van der Waals surface area (Å²) in [4.78, 5) is 0. The summed E-state index contributed by atoms with van der Waals surface area (Å²) in [6.07, 6.45) is 0.780. The quantitative estimate of drug-likeness (QED) is 0.873. The van der Waals surface area contributed by atoms with E-state index in [0.29, 0.717) is 11.1 Å². The van der Waals surface area contributed by atoms with E-state index in [4.69, 9.17) is 5.73 Å². The van der Waals surface area contributed by atoms with E-state index in [1.165, 1.54) is 12.1 Å². The average Bonchev–Trinajstić information content (AvgIpc) is 2.43. The molecule has 0 amide bonds. The van der Waals surface area contributed by atoms with E-state index in [1.54, 1.807) is 25.1 Å². The highest BCUT2D eigenvalue weighted by molar-refractivity contribution is 5.66. The summed E-state index contributed by atoms with van der Waals surface area (Å²) >= 11 is 0. The molecular formula is C16H17F2N. The molecule has 2 aromatic rings. The maximum Gasteiger partial charge on any atom is 0.136 e.